The van der Waals surface area contributed by atoms with Crippen LogP contribution in [0.5, 0.6) is 0 Å². The Morgan fingerprint density at radius 1 is 1.33 bits per heavy atom. The van der Waals surface area contributed by atoms with E-state index in [9.17, 15) is 0 Å². The molecule has 2 N–H and O–H groups in total. The number of likely N-dealkylation sites (tertiary alicyclic amines) is 1. The van der Waals surface area contributed by atoms with Gasteiger partial charge in [-0.05, 0) is 46.1 Å². The lowest BCUT2D eigenvalue weighted by Crippen LogP contribution is -2.46. The maximum atomic E-state index is 6.07. The summed E-state index contributed by atoms with van der Waals surface area (Å²) >= 11 is 0. The predicted octanol–water partition coefficient (Wildman–Crippen LogP) is 1.91. The van der Waals surface area contributed by atoms with Crippen LogP contribution in [0.2, 0.25) is 0 Å². The van der Waals surface area contributed by atoms with Gasteiger partial charge in [0.25, 0.3) is 5.95 Å². The van der Waals surface area contributed by atoms with Crippen molar-refractivity contribution in [1.82, 2.24) is 14.9 Å². The maximum Gasteiger partial charge on any atom is 0.253 e. The number of guanidine groups is 1. The molecule has 1 aromatic rings. The molecular weight excluding hydrogens is 226 g/mol. The van der Waals surface area contributed by atoms with E-state index in [1.54, 1.807) is 0 Å². The molecule has 1 saturated heterocycles. The van der Waals surface area contributed by atoms with E-state index in [0.717, 1.165) is 17.9 Å². The molecule has 18 heavy (non-hydrogen) atoms. The van der Waals surface area contributed by atoms with Gasteiger partial charge in [0.2, 0.25) is 0 Å². The lowest BCUT2D eigenvalue weighted by atomic mass is 10.0. The smallest absolute Gasteiger partial charge is 0.253 e. The topological polar surface area (TPSA) is 67.4 Å². The van der Waals surface area contributed by atoms with E-state index >= 15 is 0 Å². The normalized spacial score (nSPS) is 21.2. The number of nitrogens with zero attached hydrogens (tertiary/aromatic N) is 4. The first kappa shape index (κ1) is 12.8. The van der Waals surface area contributed by atoms with Crippen LogP contribution >= 0.6 is 0 Å². The largest absolute Gasteiger partial charge is 0.369 e. The van der Waals surface area contributed by atoms with Crippen molar-refractivity contribution in [2.45, 2.75) is 46.1 Å². The van der Waals surface area contributed by atoms with E-state index in [1.807, 2.05) is 19.9 Å². The number of aromatic nitrogens is 2. The van der Waals surface area contributed by atoms with Crippen molar-refractivity contribution in [3.8, 4) is 0 Å². The van der Waals surface area contributed by atoms with Gasteiger partial charge < -0.3 is 10.6 Å². The number of nitrogens with two attached hydrogens (primary N) is 1. The van der Waals surface area contributed by atoms with Gasteiger partial charge in [0.05, 0.1) is 0 Å². The van der Waals surface area contributed by atoms with Gasteiger partial charge in [-0.1, -0.05) is 0 Å². The van der Waals surface area contributed by atoms with E-state index < -0.39 is 0 Å². The molecule has 0 aromatic carbocycles. The molecule has 0 bridgehead atoms. The second kappa shape index (κ2) is 5.33. The molecule has 1 aromatic heterocycles. The number of piperidine rings is 1. The highest BCUT2D eigenvalue weighted by Gasteiger charge is 2.20. The lowest BCUT2D eigenvalue weighted by Gasteiger charge is -2.33. The molecule has 98 valence electrons. The van der Waals surface area contributed by atoms with Crippen molar-refractivity contribution in [2.75, 3.05) is 6.54 Å². The third-order valence-corrected chi connectivity index (χ3v) is 3.28. The van der Waals surface area contributed by atoms with Crippen LogP contribution in [0.3, 0.4) is 0 Å². The summed E-state index contributed by atoms with van der Waals surface area (Å²) < 4.78 is 0. The highest BCUT2D eigenvalue weighted by atomic mass is 15.3. The molecular formula is C13H21N5. The van der Waals surface area contributed by atoms with Crippen molar-refractivity contribution in [2.24, 2.45) is 10.7 Å². The van der Waals surface area contributed by atoms with Gasteiger partial charge in [-0.2, -0.15) is 4.99 Å². The van der Waals surface area contributed by atoms with Crippen LogP contribution in [0.25, 0.3) is 0 Å². The Hall–Kier alpha value is -1.65. The number of aliphatic imine (C=N–C) groups is 1. The number of aryl methyl sites for hydroxylation is 2. The Labute approximate surface area is 108 Å². The summed E-state index contributed by atoms with van der Waals surface area (Å²) in [5.41, 5.74) is 7.90. The standard InChI is InChI=1S/C13H21N5/c1-9-8-10(2)16-13(15-9)17-12(14)18-7-5-4-6-11(18)3/h8,11H,4-7H2,1-3H3,(H2,14,15,16,17)/t11-/m0/s1. The number of rotatable bonds is 1. The van der Waals surface area contributed by atoms with Crippen molar-refractivity contribution < 1.29 is 0 Å². The van der Waals surface area contributed by atoms with Gasteiger partial charge >= 0.3 is 0 Å². The Balaban J connectivity index is 2.20. The number of hydrogen-bond acceptors (Lipinski definition) is 3. The zero-order valence-electron chi connectivity index (χ0n) is 11.3. The highest BCUT2D eigenvalue weighted by Crippen LogP contribution is 2.17. The average molecular weight is 247 g/mol. The molecule has 5 heteroatoms. The summed E-state index contributed by atoms with van der Waals surface area (Å²) in [6, 6.07) is 2.38. The Morgan fingerprint density at radius 3 is 2.61 bits per heavy atom. The third kappa shape index (κ3) is 2.97. The van der Waals surface area contributed by atoms with Gasteiger partial charge in [0, 0.05) is 24.0 Å². The molecule has 2 heterocycles. The summed E-state index contributed by atoms with van der Waals surface area (Å²) in [5.74, 6) is 0.995. The SMILES string of the molecule is Cc1cc(C)nc(N=C(N)N2CCCC[C@@H]2C)n1. The van der Waals surface area contributed by atoms with Crippen molar-refractivity contribution in [3.05, 3.63) is 17.5 Å². The maximum absolute atomic E-state index is 6.07. The van der Waals surface area contributed by atoms with E-state index in [2.05, 4.69) is 26.8 Å². The first-order valence-electron chi connectivity index (χ1n) is 6.49. The van der Waals surface area contributed by atoms with Gasteiger partial charge in [-0.3, -0.25) is 0 Å². The molecule has 0 radical (unpaired) electrons. The molecule has 2 rings (SSSR count). The molecule has 1 aliphatic rings. The van der Waals surface area contributed by atoms with Crippen LogP contribution in [0, 0.1) is 13.8 Å². The molecule has 1 fully saturated rings. The van der Waals surface area contributed by atoms with Crippen LogP contribution in [-0.2, 0) is 0 Å². The molecule has 0 aliphatic carbocycles. The minimum absolute atomic E-state index is 0.452. The van der Waals surface area contributed by atoms with E-state index in [1.165, 1.54) is 19.3 Å². The second-order valence-corrected chi connectivity index (χ2v) is 4.96. The molecule has 0 saturated carbocycles. The molecule has 0 unspecified atom stereocenters. The van der Waals surface area contributed by atoms with Crippen molar-refractivity contribution >= 4 is 11.9 Å². The monoisotopic (exact) mass is 247 g/mol. The Kier molecular flexibility index (Phi) is 3.79. The molecule has 0 spiro atoms. The number of hydrogen-bond donors (Lipinski definition) is 1. The summed E-state index contributed by atoms with van der Waals surface area (Å²) in [4.78, 5) is 15.1. The molecule has 5 nitrogen and oxygen atoms in total. The molecule has 0 amide bonds. The fourth-order valence-electron chi connectivity index (χ4n) is 2.36. The minimum atomic E-state index is 0.452. The van der Waals surface area contributed by atoms with Crippen LogP contribution in [-0.4, -0.2) is 33.4 Å². The van der Waals surface area contributed by atoms with Gasteiger partial charge in [0.1, 0.15) is 0 Å². The van der Waals surface area contributed by atoms with Crippen LogP contribution in [0.1, 0.15) is 37.6 Å². The second-order valence-electron chi connectivity index (χ2n) is 4.96. The lowest BCUT2D eigenvalue weighted by molar-refractivity contribution is 0.256. The summed E-state index contributed by atoms with van der Waals surface area (Å²) in [7, 11) is 0. The van der Waals surface area contributed by atoms with Crippen molar-refractivity contribution in [3.63, 3.8) is 0 Å². The zero-order chi connectivity index (χ0) is 13.1. The summed E-state index contributed by atoms with van der Waals surface area (Å²) in [5, 5.41) is 0. The van der Waals surface area contributed by atoms with Crippen LogP contribution < -0.4 is 5.73 Å². The fourth-order valence-corrected chi connectivity index (χ4v) is 2.36. The van der Waals surface area contributed by atoms with Crippen LogP contribution in [0.15, 0.2) is 11.1 Å². The third-order valence-electron chi connectivity index (χ3n) is 3.28. The highest BCUT2D eigenvalue weighted by molar-refractivity contribution is 5.80. The summed E-state index contributed by atoms with van der Waals surface area (Å²) in [6.45, 7) is 7.03. The zero-order valence-corrected chi connectivity index (χ0v) is 11.3. The van der Waals surface area contributed by atoms with E-state index in [0.29, 0.717) is 17.9 Å². The summed E-state index contributed by atoms with van der Waals surface area (Å²) in [6.07, 6.45) is 3.61. The van der Waals surface area contributed by atoms with Gasteiger partial charge in [-0.15, -0.1) is 0 Å². The average Bonchev–Trinajstić information content (AvgIpc) is 2.27. The minimum Gasteiger partial charge on any atom is -0.369 e. The molecule has 1 aliphatic heterocycles. The van der Waals surface area contributed by atoms with E-state index in [4.69, 9.17) is 5.73 Å². The van der Waals surface area contributed by atoms with E-state index in [-0.39, 0.29) is 0 Å². The Morgan fingerprint density at radius 2 is 2.00 bits per heavy atom. The first-order valence-corrected chi connectivity index (χ1v) is 6.49. The van der Waals surface area contributed by atoms with Gasteiger partial charge in [0.15, 0.2) is 5.96 Å². The van der Waals surface area contributed by atoms with Crippen LogP contribution in [0.4, 0.5) is 5.95 Å². The first-order chi connectivity index (χ1) is 8.56. The van der Waals surface area contributed by atoms with Gasteiger partial charge in [-0.25, -0.2) is 9.97 Å². The molecule has 1 atom stereocenters. The fraction of sp³-hybridized carbons (Fsp3) is 0.615. The Bertz CT molecular complexity index is 434. The quantitative estimate of drug-likeness (QED) is 0.608. The van der Waals surface area contributed by atoms with Crippen molar-refractivity contribution in [1.29, 1.82) is 0 Å². The predicted molar refractivity (Wildman–Crippen MR) is 72.8 cm³/mol.